The number of rotatable bonds is 4. The van der Waals surface area contributed by atoms with Crippen molar-refractivity contribution in [2.45, 2.75) is 11.6 Å². The lowest BCUT2D eigenvalue weighted by Gasteiger charge is -2.45. The van der Waals surface area contributed by atoms with Crippen LogP contribution in [0.1, 0.15) is 11.1 Å². The van der Waals surface area contributed by atoms with Gasteiger partial charge in [0.1, 0.15) is 12.0 Å². The zero-order valence-electron chi connectivity index (χ0n) is 11.8. The Kier molecular flexibility index (Phi) is 3.80. The molecule has 0 amide bonds. The van der Waals surface area contributed by atoms with Crippen molar-refractivity contribution in [1.29, 1.82) is 5.26 Å². The Morgan fingerprint density at radius 2 is 1.77 bits per heavy atom. The van der Waals surface area contributed by atoms with Gasteiger partial charge in [-0.05, 0) is 42.0 Å². The van der Waals surface area contributed by atoms with Crippen molar-refractivity contribution in [3.63, 3.8) is 0 Å². The summed E-state index contributed by atoms with van der Waals surface area (Å²) in [6.07, 6.45) is -0.875. The Labute approximate surface area is 127 Å². The SMILES string of the molecule is N#Cc1ccc(C2(C(O)Nc3ccc(F)cc3)COC2)cc1. The molecule has 1 atom stereocenters. The summed E-state index contributed by atoms with van der Waals surface area (Å²) in [5.74, 6) is -0.325. The number of hydrogen-bond donors (Lipinski definition) is 2. The number of halogens is 1. The van der Waals surface area contributed by atoms with Crippen molar-refractivity contribution in [1.82, 2.24) is 0 Å². The molecule has 1 aliphatic heterocycles. The highest BCUT2D eigenvalue weighted by Crippen LogP contribution is 2.36. The Morgan fingerprint density at radius 1 is 1.14 bits per heavy atom. The van der Waals surface area contributed by atoms with Crippen molar-refractivity contribution in [2.75, 3.05) is 18.5 Å². The second kappa shape index (κ2) is 5.76. The van der Waals surface area contributed by atoms with Crippen LogP contribution in [0.15, 0.2) is 48.5 Å². The number of aliphatic hydroxyl groups is 1. The number of ether oxygens (including phenoxy) is 1. The zero-order valence-corrected chi connectivity index (χ0v) is 11.8. The average molecular weight is 298 g/mol. The molecule has 0 bridgehead atoms. The second-order valence-corrected chi connectivity index (χ2v) is 5.39. The van der Waals surface area contributed by atoms with Gasteiger partial charge in [-0.2, -0.15) is 5.26 Å². The number of anilines is 1. The number of nitrogens with zero attached hydrogens (tertiary/aromatic N) is 1. The summed E-state index contributed by atoms with van der Waals surface area (Å²) < 4.78 is 18.2. The van der Waals surface area contributed by atoms with E-state index >= 15 is 0 Å². The molecule has 22 heavy (non-hydrogen) atoms. The van der Waals surface area contributed by atoms with E-state index in [0.717, 1.165) is 5.56 Å². The molecule has 0 saturated carbocycles. The Bertz CT molecular complexity index is 688. The first kappa shape index (κ1) is 14.5. The fraction of sp³-hybridized carbons (Fsp3) is 0.235. The lowest BCUT2D eigenvalue weighted by atomic mass is 9.76. The highest BCUT2D eigenvalue weighted by molar-refractivity contribution is 5.46. The van der Waals surface area contributed by atoms with Crippen LogP contribution in [0.5, 0.6) is 0 Å². The van der Waals surface area contributed by atoms with E-state index in [0.29, 0.717) is 24.5 Å². The first-order valence-corrected chi connectivity index (χ1v) is 6.93. The Hall–Kier alpha value is -2.42. The van der Waals surface area contributed by atoms with Gasteiger partial charge in [0.25, 0.3) is 0 Å². The largest absolute Gasteiger partial charge is 0.379 e. The minimum absolute atomic E-state index is 0.325. The van der Waals surface area contributed by atoms with E-state index in [2.05, 4.69) is 11.4 Å². The van der Waals surface area contributed by atoms with Gasteiger partial charge in [0.15, 0.2) is 0 Å². The third kappa shape index (κ3) is 2.54. The monoisotopic (exact) mass is 298 g/mol. The van der Waals surface area contributed by atoms with Gasteiger partial charge in [0.05, 0.1) is 30.3 Å². The first-order valence-electron chi connectivity index (χ1n) is 6.93. The summed E-state index contributed by atoms with van der Waals surface area (Å²) in [5, 5.41) is 22.4. The van der Waals surface area contributed by atoms with Crippen molar-refractivity contribution < 1.29 is 14.2 Å². The average Bonchev–Trinajstić information content (AvgIpc) is 2.49. The molecule has 1 unspecified atom stereocenters. The summed E-state index contributed by atoms with van der Waals surface area (Å²) in [7, 11) is 0. The summed E-state index contributed by atoms with van der Waals surface area (Å²) >= 11 is 0. The van der Waals surface area contributed by atoms with Crippen LogP contribution in [0.25, 0.3) is 0 Å². The molecule has 0 aliphatic carbocycles. The molecule has 1 saturated heterocycles. The van der Waals surface area contributed by atoms with Crippen LogP contribution < -0.4 is 5.32 Å². The predicted molar refractivity (Wildman–Crippen MR) is 79.7 cm³/mol. The molecule has 1 heterocycles. The van der Waals surface area contributed by atoms with E-state index in [9.17, 15) is 9.50 Å². The third-order valence-electron chi connectivity index (χ3n) is 3.98. The van der Waals surface area contributed by atoms with Gasteiger partial charge in [-0.15, -0.1) is 0 Å². The third-order valence-corrected chi connectivity index (χ3v) is 3.98. The van der Waals surface area contributed by atoms with Crippen LogP contribution in [-0.2, 0) is 10.2 Å². The van der Waals surface area contributed by atoms with Crippen LogP contribution in [-0.4, -0.2) is 24.5 Å². The lowest BCUT2D eigenvalue weighted by molar-refractivity contribution is -0.111. The molecule has 0 spiro atoms. The highest BCUT2D eigenvalue weighted by atomic mass is 19.1. The van der Waals surface area contributed by atoms with Crippen LogP contribution >= 0.6 is 0 Å². The molecule has 2 N–H and O–H groups in total. The molecule has 4 nitrogen and oxygen atoms in total. The van der Waals surface area contributed by atoms with Gasteiger partial charge in [-0.3, -0.25) is 0 Å². The molecule has 2 aromatic rings. The number of benzene rings is 2. The molecular weight excluding hydrogens is 283 g/mol. The van der Waals surface area contributed by atoms with E-state index in [1.54, 1.807) is 24.3 Å². The summed E-state index contributed by atoms with van der Waals surface area (Å²) in [5.41, 5.74) is 1.54. The molecule has 0 aromatic heterocycles. The maximum Gasteiger partial charge on any atom is 0.138 e. The molecular formula is C17H15FN2O2. The number of hydrogen-bond acceptors (Lipinski definition) is 4. The summed E-state index contributed by atoms with van der Waals surface area (Å²) in [6, 6.07) is 15.0. The van der Waals surface area contributed by atoms with Gasteiger partial charge >= 0.3 is 0 Å². The number of aliphatic hydroxyl groups excluding tert-OH is 1. The quantitative estimate of drug-likeness (QED) is 0.851. The minimum atomic E-state index is -0.875. The second-order valence-electron chi connectivity index (χ2n) is 5.39. The highest BCUT2D eigenvalue weighted by Gasteiger charge is 2.47. The van der Waals surface area contributed by atoms with Gasteiger partial charge < -0.3 is 15.2 Å². The van der Waals surface area contributed by atoms with Crippen molar-refractivity contribution in [3.05, 3.63) is 65.5 Å². The van der Waals surface area contributed by atoms with Gasteiger partial charge in [-0.1, -0.05) is 12.1 Å². The molecule has 3 rings (SSSR count). The van der Waals surface area contributed by atoms with E-state index in [-0.39, 0.29) is 5.82 Å². The fourth-order valence-corrected chi connectivity index (χ4v) is 2.52. The Morgan fingerprint density at radius 3 is 2.27 bits per heavy atom. The smallest absolute Gasteiger partial charge is 0.138 e. The zero-order chi connectivity index (χ0) is 15.6. The van der Waals surface area contributed by atoms with Crippen molar-refractivity contribution >= 4 is 5.69 Å². The van der Waals surface area contributed by atoms with Crippen LogP contribution in [0.3, 0.4) is 0 Å². The van der Waals surface area contributed by atoms with Crippen molar-refractivity contribution in [2.24, 2.45) is 0 Å². The predicted octanol–water partition coefficient (Wildman–Crippen LogP) is 2.40. The molecule has 0 radical (unpaired) electrons. The van der Waals surface area contributed by atoms with Crippen molar-refractivity contribution in [3.8, 4) is 6.07 Å². The fourth-order valence-electron chi connectivity index (χ4n) is 2.52. The minimum Gasteiger partial charge on any atom is -0.379 e. The first-order chi connectivity index (χ1) is 10.6. The molecule has 1 fully saturated rings. The summed E-state index contributed by atoms with van der Waals surface area (Å²) in [6.45, 7) is 0.766. The molecule has 1 aliphatic rings. The lowest BCUT2D eigenvalue weighted by Crippen LogP contribution is -2.58. The molecule has 5 heteroatoms. The molecule has 112 valence electrons. The van der Waals surface area contributed by atoms with Crippen LogP contribution in [0.4, 0.5) is 10.1 Å². The van der Waals surface area contributed by atoms with Gasteiger partial charge in [0.2, 0.25) is 0 Å². The maximum atomic E-state index is 12.9. The normalized spacial score (nSPS) is 17.1. The maximum absolute atomic E-state index is 12.9. The standard InChI is InChI=1S/C17H15FN2O2/c18-14-5-7-15(8-6-14)20-16(21)17(10-22-11-17)13-3-1-12(9-19)2-4-13/h1-8,16,20-21H,10-11H2. The topological polar surface area (TPSA) is 65.3 Å². The number of nitriles is 1. The van der Waals surface area contributed by atoms with Crippen LogP contribution in [0, 0.1) is 17.1 Å². The van der Waals surface area contributed by atoms with Gasteiger partial charge in [-0.25, -0.2) is 4.39 Å². The van der Waals surface area contributed by atoms with E-state index in [1.165, 1.54) is 12.1 Å². The van der Waals surface area contributed by atoms with E-state index < -0.39 is 11.6 Å². The summed E-state index contributed by atoms with van der Waals surface area (Å²) in [4.78, 5) is 0. The van der Waals surface area contributed by atoms with Gasteiger partial charge in [0, 0.05) is 5.69 Å². The van der Waals surface area contributed by atoms with Crippen LogP contribution in [0.2, 0.25) is 0 Å². The van der Waals surface area contributed by atoms with E-state index in [4.69, 9.17) is 10.00 Å². The number of nitrogens with one attached hydrogen (secondary N) is 1. The Balaban J connectivity index is 1.82. The molecule has 2 aromatic carbocycles. The van der Waals surface area contributed by atoms with E-state index in [1.807, 2.05) is 12.1 Å².